The van der Waals surface area contributed by atoms with Crippen LogP contribution < -0.4 is 16.4 Å². The van der Waals surface area contributed by atoms with Gasteiger partial charge in [0.25, 0.3) is 5.91 Å². The number of urea groups is 1. The topological polar surface area (TPSA) is 111 Å². The molecule has 3 amide bonds. The highest BCUT2D eigenvalue weighted by Crippen LogP contribution is 2.14. The Morgan fingerprint density at radius 2 is 1.87 bits per heavy atom. The number of hydrogen-bond donors (Lipinski definition) is 3. The van der Waals surface area contributed by atoms with Gasteiger partial charge in [-0.05, 0) is 18.2 Å². The molecule has 126 valence electrons. The molecule has 1 rings (SSSR count). The molecule has 0 bridgehead atoms. The zero-order valence-corrected chi connectivity index (χ0v) is 11.4. The largest absolute Gasteiger partial charge is 0.452 e. The van der Waals surface area contributed by atoms with Crippen LogP contribution in [0.15, 0.2) is 18.2 Å². The van der Waals surface area contributed by atoms with Crippen molar-refractivity contribution >= 4 is 23.6 Å². The van der Waals surface area contributed by atoms with Crippen LogP contribution in [-0.2, 0) is 9.53 Å². The molecule has 0 aromatic heterocycles. The molecular weight excluding hydrogens is 326 g/mol. The number of imide groups is 1. The van der Waals surface area contributed by atoms with Gasteiger partial charge in [-0.2, -0.15) is 13.2 Å². The second kappa shape index (κ2) is 7.42. The summed E-state index contributed by atoms with van der Waals surface area (Å²) in [5.74, 6) is -2.90. The van der Waals surface area contributed by atoms with Crippen LogP contribution in [0.25, 0.3) is 0 Å². The van der Waals surface area contributed by atoms with Crippen molar-refractivity contribution in [2.24, 2.45) is 0 Å². The normalized spacial score (nSPS) is 10.8. The highest BCUT2D eigenvalue weighted by atomic mass is 19.4. The number of hydrogen-bond acceptors (Lipinski definition) is 5. The Bertz CT molecular complexity index is 619. The maximum atomic E-state index is 12.8. The third-order valence-electron chi connectivity index (χ3n) is 2.27. The molecule has 7 nitrogen and oxygen atoms in total. The van der Waals surface area contributed by atoms with E-state index in [1.807, 2.05) is 0 Å². The number of amides is 3. The third-order valence-corrected chi connectivity index (χ3v) is 2.27. The van der Waals surface area contributed by atoms with Crippen molar-refractivity contribution < 1.29 is 36.7 Å². The molecule has 0 aliphatic rings. The summed E-state index contributed by atoms with van der Waals surface area (Å²) in [6.45, 7) is -2.56. The number of halogens is 4. The van der Waals surface area contributed by atoms with Crippen LogP contribution in [0.4, 0.5) is 28.0 Å². The van der Waals surface area contributed by atoms with Gasteiger partial charge in [0.05, 0.1) is 5.56 Å². The Morgan fingerprint density at radius 1 is 1.22 bits per heavy atom. The zero-order chi connectivity index (χ0) is 17.6. The van der Waals surface area contributed by atoms with E-state index < -0.39 is 43.1 Å². The number of anilines is 1. The van der Waals surface area contributed by atoms with Crippen LogP contribution in [0.5, 0.6) is 0 Å². The Hall–Kier alpha value is -2.85. The van der Waals surface area contributed by atoms with E-state index in [1.54, 1.807) is 0 Å². The molecule has 0 aliphatic heterocycles. The van der Waals surface area contributed by atoms with Crippen LogP contribution >= 0.6 is 0 Å². The van der Waals surface area contributed by atoms with Crippen molar-refractivity contribution in [3.8, 4) is 0 Å². The van der Waals surface area contributed by atoms with E-state index in [2.05, 4.69) is 4.74 Å². The number of esters is 1. The van der Waals surface area contributed by atoms with Crippen molar-refractivity contribution in [3.05, 3.63) is 29.6 Å². The Kier molecular flexibility index (Phi) is 5.87. The van der Waals surface area contributed by atoms with Crippen LogP contribution in [-0.4, -0.2) is 37.2 Å². The van der Waals surface area contributed by atoms with E-state index in [1.165, 1.54) is 10.6 Å². The Labute approximate surface area is 126 Å². The molecule has 0 fully saturated rings. The summed E-state index contributed by atoms with van der Waals surface area (Å²) < 4.78 is 52.8. The predicted octanol–water partition coefficient (Wildman–Crippen LogP) is 0.953. The summed E-state index contributed by atoms with van der Waals surface area (Å²) >= 11 is 0. The molecule has 0 unspecified atom stereocenters. The first-order valence-electron chi connectivity index (χ1n) is 5.95. The van der Waals surface area contributed by atoms with Gasteiger partial charge in [-0.3, -0.25) is 10.1 Å². The van der Waals surface area contributed by atoms with Gasteiger partial charge in [-0.1, -0.05) is 0 Å². The van der Waals surface area contributed by atoms with Crippen LogP contribution in [0, 0.1) is 5.82 Å². The summed E-state index contributed by atoms with van der Waals surface area (Å²) in [4.78, 5) is 33.8. The average Bonchev–Trinajstić information content (AvgIpc) is 2.42. The average molecular weight is 337 g/mol. The number of rotatable bonds is 4. The molecule has 1 aromatic carbocycles. The fraction of sp³-hybridized carbons (Fsp3) is 0.250. The second-order valence-corrected chi connectivity index (χ2v) is 4.15. The maximum absolute atomic E-state index is 12.8. The number of ether oxygens (including phenoxy) is 1. The van der Waals surface area contributed by atoms with Crippen molar-refractivity contribution in [3.63, 3.8) is 0 Å². The van der Waals surface area contributed by atoms with E-state index in [-0.39, 0.29) is 11.3 Å². The first-order valence-corrected chi connectivity index (χ1v) is 5.95. The minimum atomic E-state index is -4.63. The number of nitrogens with two attached hydrogens (primary N) is 1. The van der Waals surface area contributed by atoms with E-state index >= 15 is 0 Å². The van der Waals surface area contributed by atoms with Crippen LogP contribution in [0.3, 0.4) is 0 Å². The number of alkyl halides is 3. The van der Waals surface area contributed by atoms with Crippen molar-refractivity contribution in [2.75, 3.05) is 18.9 Å². The van der Waals surface area contributed by atoms with Crippen molar-refractivity contribution in [2.45, 2.75) is 6.18 Å². The monoisotopic (exact) mass is 337 g/mol. The number of carbonyl (C=O) groups is 3. The van der Waals surface area contributed by atoms with Gasteiger partial charge in [-0.25, -0.2) is 14.0 Å². The molecule has 0 saturated carbocycles. The lowest BCUT2D eigenvalue weighted by Gasteiger charge is -2.09. The molecule has 0 saturated heterocycles. The van der Waals surface area contributed by atoms with Gasteiger partial charge in [0.15, 0.2) is 6.61 Å². The minimum Gasteiger partial charge on any atom is -0.452 e. The van der Waals surface area contributed by atoms with Gasteiger partial charge in [0, 0.05) is 5.69 Å². The lowest BCUT2D eigenvalue weighted by atomic mass is 10.2. The fourth-order valence-electron chi connectivity index (χ4n) is 1.32. The van der Waals surface area contributed by atoms with E-state index in [0.717, 1.165) is 18.2 Å². The van der Waals surface area contributed by atoms with Gasteiger partial charge in [0.1, 0.15) is 12.4 Å². The maximum Gasteiger partial charge on any atom is 0.405 e. The molecule has 4 N–H and O–H groups in total. The van der Waals surface area contributed by atoms with Gasteiger partial charge >= 0.3 is 18.2 Å². The summed E-state index contributed by atoms with van der Waals surface area (Å²) in [6.07, 6.45) is -4.63. The molecule has 1 aromatic rings. The zero-order valence-electron chi connectivity index (χ0n) is 11.4. The standard InChI is InChI=1S/C12H11F4N3O4/c13-6-1-2-7(8(17)3-6)10(21)23-4-9(20)19-11(22)18-5-12(14,15)16/h1-3H,4-5,17H2,(H2,18,19,20,22). The number of nitrogen functional groups attached to an aromatic ring is 1. The molecule has 23 heavy (non-hydrogen) atoms. The first kappa shape index (κ1) is 18.2. The minimum absolute atomic E-state index is 0.208. The quantitative estimate of drug-likeness (QED) is 0.430. The fourth-order valence-corrected chi connectivity index (χ4v) is 1.32. The SMILES string of the molecule is Nc1cc(F)ccc1C(=O)OCC(=O)NC(=O)NCC(F)(F)F. The number of benzene rings is 1. The summed E-state index contributed by atoms with van der Waals surface area (Å²) in [5, 5.41) is 2.92. The summed E-state index contributed by atoms with van der Waals surface area (Å²) in [6, 6.07) is 1.43. The third kappa shape index (κ3) is 6.63. The lowest BCUT2D eigenvalue weighted by Crippen LogP contribution is -2.44. The van der Waals surface area contributed by atoms with Gasteiger partial charge in [-0.15, -0.1) is 0 Å². The van der Waals surface area contributed by atoms with E-state index in [4.69, 9.17) is 5.73 Å². The predicted molar refractivity (Wildman–Crippen MR) is 68.7 cm³/mol. The molecule has 11 heteroatoms. The number of carbonyl (C=O) groups excluding carboxylic acids is 3. The smallest absolute Gasteiger partial charge is 0.405 e. The molecule has 0 atom stereocenters. The summed E-state index contributed by atoms with van der Waals surface area (Å²) in [7, 11) is 0. The van der Waals surface area contributed by atoms with Crippen molar-refractivity contribution in [1.29, 1.82) is 0 Å². The van der Waals surface area contributed by atoms with E-state index in [9.17, 15) is 31.9 Å². The summed E-state index contributed by atoms with van der Waals surface area (Å²) in [5.41, 5.74) is 4.95. The highest BCUT2D eigenvalue weighted by Gasteiger charge is 2.28. The first-order chi connectivity index (χ1) is 10.6. The molecular formula is C12H11F4N3O4. The molecule has 0 radical (unpaired) electrons. The van der Waals surface area contributed by atoms with Gasteiger partial charge < -0.3 is 15.8 Å². The van der Waals surface area contributed by atoms with Gasteiger partial charge in [0.2, 0.25) is 0 Å². The Morgan fingerprint density at radius 3 is 2.43 bits per heavy atom. The highest BCUT2D eigenvalue weighted by molar-refractivity contribution is 5.98. The van der Waals surface area contributed by atoms with E-state index in [0.29, 0.717) is 0 Å². The Balaban J connectivity index is 2.43. The van der Waals surface area contributed by atoms with Crippen LogP contribution in [0.1, 0.15) is 10.4 Å². The van der Waals surface area contributed by atoms with Crippen LogP contribution in [0.2, 0.25) is 0 Å². The molecule has 0 spiro atoms. The molecule has 0 heterocycles. The number of nitrogens with one attached hydrogen (secondary N) is 2. The molecule has 0 aliphatic carbocycles. The second-order valence-electron chi connectivity index (χ2n) is 4.15. The van der Waals surface area contributed by atoms with Crippen molar-refractivity contribution in [1.82, 2.24) is 10.6 Å². The lowest BCUT2D eigenvalue weighted by molar-refractivity contribution is -0.125.